The summed E-state index contributed by atoms with van der Waals surface area (Å²) >= 11 is 13.3. The van der Waals surface area contributed by atoms with Gasteiger partial charge in [0.2, 0.25) is 0 Å². The third kappa shape index (κ3) is 4.42. The van der Waals surface area contributed by atoms with E-state index in [4.69, 9.17) is 28.0 Å². The van der Waals surface area contributed by atoms with Crippen molar-refractivity contribution in [3.8, 4) is 0 Å². The second-order valence-corrected chi connectivity index (χ2v) is 11.3. The zero-order chi connectivity index (χ0) is 24.3. The monoisotopic (exact) mass is 519 g/mol. The summed E-state index contributed by atoms with van der Waals surface area (Å²) in [5.74, 6) is 0.0355. The van der Waals surface area contributed by atoms with Crippen molar-refractivity contribution >= 4 is 46.3 Å². The third-order valence-electron chi connectivity index (χ3n) is 5.60. The largest absolute Gasteiger partial charge is 0.435 e. The van der Waals surface area contributed by atoms with Crippen molar-refractivity contribution in [3.05, 3.63) is 54.7 Å². The number of halogens is 5. The molecule has 0 bridgehead atoms. The molecule has 0 saturated heterocycles. The normalized spacial score (nSPS) is 20.5. The summed E-state index contributed by atoms with van der Waals surface area (Å²) < 4.78 is 42.7. The lowest BCUT2D eigenvalue weighted by Crippen LogP contribution is -2.43. The van der Waals surface area contributed by atoms with Crippen LogP contribution in [-0.2, 0) is 23.5 Å². The Balaban J connectivity index is 1.57. The highest BCUT2D eigenvalue weighted by molar-refractivity contribution is 7.14. The first kappa shape index (κ1) is 24.2. The molecule has 0 spiro atoms. The van der Waals surface area contributed by atoms with Gasteiger partial charge in [0.15, 0.2) is 0 Å². The fourth-order valence-electron chi connectivity index (χ4n) is 4.00. The van der Waals surface area contributed by atoms with Crippen LogP contribution in [0.15, 0.2) is 23.4 Å². The smallest absolute Gasteiger partial charge is 0.372 e. The van der Waals surface area contributed by atoms with E-state index in [-0.39, 0.29) is 32.9 Å². The number of carbonyl (C=O) groups is 1. The average Bonchev–Trinajstić information content (AvgIpc) is 3.33. The molecule has 2 aliphatic rings. The first-order valence-electron chi connectivity index (χ1n) is 10.2. The van der Waals surface area contributed by atoms with Crippen LogP contribution < -0.4 is 5.32 Å². The van der Waals surface area contributed by atoms with Crippen molar-refractivity contribution in [1.29, 1.82) is 0 Å². The molecule has 5 nitrogen and oxygen atoms in total. The lowest BCUT2D eigenvalue weighted by Gasteiger charge is -2.30. The van der Waals surface area contributed by atoms with E-state index in [1.165, 1.54) is 29.5 Å². The van der Waals surface area contributed by atoms with Crippen LogP contribution in [0.4, 0.5) is 13.2 Å². The lowest BCUT2D eigenvalue weighted by atomic mass is 9.89. The average molecular weight is 520 g/mol. The second kappa shape index (κ2) is 8.06. The Bertz CT molecular complexity index is 1140. The summed E-state index contributed by atoms with van der Waals surface area (Å²) in [6, 6.07) is 3.76. The molecule has 1 N–H and O–H groups in total. The van der Waals surface area contributed by atoms with Crippen LogP contribution in [0.5, 0.6) is 0 Å². The van der Waals surface area contributed by atoms with Gasteiger partial charge in [-0.1, -0.05) is 28.4 Å². The van der Waals surface area contributed by atoms with Gasteiger partial charge in [-0.15, -0.1) is 11.3 Å². The van der Waals surface area contributed by atoms with Crippen LogP contribution in [0.1, 0.15) is 58.4 Å². The number of amidine groups is 1. The topological polar surface area (TPSA) is 53.9 Å². The standard InChI is InChI=1S/C22H22Cl2F3N3O2S/c1-11-15-9-30(10-16(15)33-18(11)19(31)28-20(2,3)4)17-8-21(32-29-17,22(25,26)27)12-5-13(23)7-14(24)6-12/h5-7H,8-10H2,1-4H3,(H,28,31). The molecular weight excluding hydrogens is 498 g/mol. The summed E-state index contributed by atoms with van der Waals surface area (Å²) in [5.41, 5.74) is -1.46. The summed E-state index contributed by atoms with van der Waals surface area (Å²) in [5, 5.41) is 6.95. The van der Waals surface area contributed by atoms with Crippen molar-refractivity contribution < 1.29 is 22.8 Å². The fourth-order valence-corrected chi connectivity index (χ4v) is 5.76. The van der Waals surface area contributed by atoms with Gasteiger partial charge in [-0.2, -0.15) is 13.2 Å². The number of thiophene rings is 1. The minimum atomic E-state index is -4.75. The number of amides is 1. The van der Waals surface area contributed by atoms with Crippen molar-refractivity contribution in [2.24, 2.45) is 5.16 Å². The molecule has 178 valence electrons. The highest BCUT2D eigenvalue weighted by Gasteiger charge is 2.63. The van der Waals surface area contributed by atoms with E-state index in [0.29, 0.717) is 18.0 Å². The van der Waals surface area contributed by atoms with Gasteiger partial charge in [-0.25, -0.2) is 0 Å². The molecule has 1 atom stereocenters. The van der Waals surface area contributed by atoms with Crippen molar-refractivity contribution in [2.45, 2.75) is 64.5 Å². The number of benzene rings is 1. The van der Waals surface area contributed by atoms with E-state index < -0.39 is 18.2 Å². The minimum Gasteiger partial charge on any atom is -0.372 e. The third-order valence-corrected chi connectivity index (χ3v) is 7.35. The summed E-state index contributed by atoms with van der Waals surface area (Å²) in [7, 11) is 0. The predicted octanol–water partition coefficient (Wildman–Crippen LogP) is 6.40. The SMILES string of the molecule is Cc1c(C(=O)NC(C)(C)C)sc2c1CN(C1=NOC(c3cc(Cl)cc(Cl)c3)(C(F)(F)F)C1)C2. The Kier molecular flexibility index (Phi) is 5.90. The number of hydrogen-bond acceptors (Lipinski definition) is 5. The van der Waals surface area contributed by atoms with Gasteiger partial charge in [0.25, 0.3) is 11.5 Å². The van der Waals surface area contributed by atoms with Gasteiger partial charge in [-0.3, -0.25) is 4.79 Å². The van der Waals surface area contributed by atoms with E-state index in [1.54, 1.807) is 4.90 Å². The van der Waals surface area contributed by atoms with E-state index in [2.05, 4.69) is 10.5 Å². The molecule has 1 unspecified atom stereocenters. The van der Waals surface area contributed by atoms with Crippen molar-refractivity contribution in [1.82, 2.24) is 10.2 Å². The van der Waals surface area contributed by atoms with Crippen LogP contribution in [0.3, 0.4) is 0 Å². The van der Waals surface area contributed by atoms with E-state index >= 15 is 0 Å². The van der Waals surface area contributed by atoms with Crippen LogP contribution in [0.2, 0.25) is 10.0 Å². The molecule has 11 heteroatoms. The summed E-state index contributed by atoms with van der Waals surface area (Å²) in [6.07, 6.45) is -5.25. The molecule has 1 aromatic carbocycles. The van der Waals surface area contributed by atoms with Gasteiger partial charge < -0.3 is 15.1 Å². The Morgan fingerprint density at radius 3 is 2.36 bits per heavy atom. The first-order chi connectivity index (χ1) is 15.2. The van der Waals surface area contributed by atoms with E-state index in [9.17, 15) is 18.0 Å². The predicted molar refractivity (Wildman–Crippen MR) is 123 cm³/mol. The zero-order valence-electron chi connectivity index (χ0n) is 18.4. The zero-order valence-corrected chi connectivity index (χ0v) is 20.7. The van der Waals surface area contributed by atoms with Crippen LogP contribution in [0.25, 0.3) is 0 Å². The minimum absolute atomic E-state index is 0.0817. The highest BCUT2D eigenvalue weighted by Crippen LogP contribution is 2.50. The lowest BCUT2D eigenvalue weighted by molar-refractivity contribution is -0.275. The van der Waals surface area contributed by atoms with Crippen molar-refractivity contribution in [2.75, 3.05) is 0 Å². The van der Waals surface area contributed by atoms with Crippen LogP contribution in [-0.4, -0.2) is 28.4 Å². The molecule has 33 heavy (non-hydrogen) atoms. The number of nitrogens with one attached hydrogen (secondary N) is 1. The van der Waals surface area contributed by atoms with E-state index in [0.717, 1.165) is 16.0 Å². The molecule has 1 aromatic heterocycles. The van der Waals surface area contributed by atoms with Gasteiger partial charge in [0.05, 0.1) is 17.8 Å². The molecule has 2 aromatic rings. The van der Waals surface area contributed by atoms with Gasteiger partial charge in [-0.05, 0) is 57.0 Å². The van der Waals surface area contributed by atoms with E-state index in [1.807, 2.05) is 27.7 Å². The number of alkyl halides is 3. The molecule has 0 radical (unpaired) electrons. The maximum Gasteiger partial charge on any atom is 0.435 e. The summed E-state index contributed by atoms with van der Waals surface area (Å²) in [4.78, 5) is 21.0. The van der Waals surface area contributed by atoms with Gasteiger partial charge in [0, 0.05) is 32.6 Å². The number of nitrogens with zero attached hydrogens (tertiary/aromatic N) is 2. The molecule has 2 aliphatic heterocycles. The maximum absolute atomic E-state index is 14.2. The molecule has 0 aliphatic carbocycles. The number of carbonyl (C=O) groups excluding carboxylic acids is 1. The van der Waals surface area contributed by atoms with Crippen molar-refractivity contribution in [3.63, 3.8) is 0 Å². The quantitative estimate of drug-likeness (QED) is 0.499. The van der Waals surface area contributed by atoms with Crippen LogP contribution >= 0.6 is 34.5 Å². The fraction of sp³-hybridized carbons (Fsp3) is 0.455. The van der Waals surface area contributed by atoms with Crippen LogP contribution in [0, 0.1) is 6.92 Å². The maximum atomic E-state index is 14.2. The molecule has 1 amide bonds. The Morgan fingerprint density at radius 1 is 1.18 bits per heavy atom. The molecule has 0 saturated carbocycles. The Morgan fingerprint density at radius 2 is 1.82 bits per heavy atom. The number of hydrogen-bond donors (Lipinski definition) is 1. The Hall–Kier alpha value is -1.97. The van der Waals surface area contributed by atoms with Gasteiger partial charge >= 0.3 is 6.18 Å². The Labute approximate surface area is 203 Å². The van der Waals surface area contributed by atoms with Gasteiger partial charge in [0.1, 0.15) is 5.84 Å². The number of rotatable bonds is 2. The highest BCUT2D eigenvalue weighted by atomic mass is 35.5. The first-order valence-corrected chi connectivity index (χ1v) is 11.7. The summed E-state index contributed by atoms with van der Waals surface area (Å²) in [6.45, 7) is 8.28. The number of oxime groups is 1. The molecule has 3 heterocycles. The molecule has 0 fully saturated rings. The number of fused-ring (bicyclic) bond motifs is 1. The molecular formula is C22H22Cl2F3N3O2S. The molecule has 4 rings (SSSR count). The second-order valence-electron chi connectivity index (χ2n) is 9.28.